The average molecular weight is 325 g/mol. The Balaban J connectivity index is 2.01. The molecule has 0 aromatic heterocycles. The second-order valence-electron chi connectivity index (χ2n) is 5.51. The Morgan fingerprint density at radius 3 is 2.48 bits per heavy atom. The normalized spacial score (nSPS) is 15.0. The number of aryl methyl sites for hydroxylation is 1. The van der Waals surface area contributed by atoms with E-state index in [1.165, 1.54) is 5.56 Å². The Kier molecular flexibility index (Phi) is 4.60. The predicted molar refractivity (Wildman–Crippen MR) is 96.6 cm³/mol. The highest BCUT2D eigenvalue weighted by molar-refractivity contribution is 7.80. The first-order valence-corrected chi connectivity index (χ1v) is 7.94. The lowest BCUT2D eigenvalue weighted by molar-refractivity contribution is 0.471. The number of aliphatic hydroxyl groups excluding tert-OH is 1. The van der Waals surface area contributed by atoms with Crippen molar-refractivity contribution in [2.45, 2.75) is 18.9 Å². The van der Waals surface area contributed by atoms with Crippen molar-refractivity contribution in [1.29, 1.82) is 0 Å². The number of nitrogens with one attached hydrogen (secondary N) is 2. The zero-order valence-electron chi connectivity index (χ0n) is 12.6. The Labute approximate surface area is 141 Å². The van der Waals surface area contributed by atoms with Crippen molar-refractivity contribution in [3.8, 4) is 0 Å². The van der Waals surface area contributed by atoms with Crippen LogP contribution in [0.3, 0.4) is 0 Å². The summed E-state index contributed by atoms with van der Waals surface area (Å²) >= 11 is 4.88. The van der Waals surface area contributed by atoms with Crippen molar-refractivity contribution in [1.82, 2.24) is 10.9 Å². The molecule has 118 valence electrons. The van der Waals surface area contributed by atoms with E-state index < -0.39 is 0 Å². The highest BCUT2D eigenvalue weighted by atomic mass is 32.1. The first-order valence-electron chi connectivity index (χ1n) is 7.53. The van der Waals surface area contributed by atoms with Gasteiger partial charge in [0.15, 0.2) is 5.11 Å². The molecule has 2 aromatic rings. The minimum atomic E-state index is -0.203. The van der Waals surface area contributed by atoms with E-state index in [0.29, 0.717) is 5.76 Å². The van der Waals surface area contributed by atoms with Gasteiger partial charge in [-0.1, -0.05) is 54.6 Å². The Morgan fingerprint density at radius 2 is 1.74 bits per heavy atom. The molecule has 1 unspecified atom stereocenters. The molecule has 1 aliphatic rings. The van der Waals surface area contributed by atoms with Gasteiger partial charge in [-0.15, -0.1) is 0 Å². The Bertz CT molecular complexity index is 743. The molecular weight excluding hydrogens is 306 g/mol. The predicted octanol–water partition coefficient (Wildman–Crippen LogP) is 2.98. The van der Waals surface area contributed by atoms with E-state index in [-0.39, 0.29) is 11.2 Å². The monoisotopic (exact) mass is 325 g/mol. The van der Waals surface area contributed by atoms with E-state index in [1.54, 1.807) is 0 Å². The first kappa shape index (κ1) is 15.5. The molecular formula is C18H19N3OS. The number of fused-ring (bicyclic) bond motifs is 1. The largest absolute Gasteiger partial charge is 0.507 e. The summed E-state index contributed by atoms with van der Waals surface area (Å²) in [6, 6.07) is 17.7. The number of hydrogen-bond donors (Lipinski definition) is 4. The summed E-state index contributed by atoms with van der Waals surface area (Å²) in [5, 5.41) is 10.9. The van der Waals surface area contributed by atoms with Crippen LogP contribution in [0, 0.1) is 0 Å². The molecule has 0 heterocycles. The van der Waals surface area contributed by atoms with Crippen LogP contribution in [0.4, 0.5) is 0 Å². The molecule has 0 fully saturated rings. The maximum absolute atomic E-state index is 10.8. The maximum atomic E-state index is 10.8. The lowest BCUT2D eigenvalue weighted by Crippen LogP contribution is -2.43. The highest BCUT2D eigenvalue weighted by Gasteiger charge is 2.25. The molecule has 23 heavy (non-hydrogen) atoms. The van der Waals surface area contributed by atoms with Crippen LogP contribution in [-0.4, -0.2) is 10.2 Å². The van der Waals surface area contributed by atoms with Gasteiger partial charge in [-0.3, -0.25) is 5.43 Å². The van der Waals surface area contributed by atoms with E-state index in [2.05, 4.69) is 16.9 Å². The lowest BCUT2D eigenvalue weighted by Gasteiger charge is -2.27. The Hall–Kier alpha value is -2.37. The summed E-state index contributed by atoms with van der Waals surface area (Å²) in [7, 11) is 0. The van der Waals surface area contributed by atoms with Gasteiger partial charge in [0, 0.05) is 5.56 Å². The van der Waals surface area contributed by atoms with E-state index in [1.807, 2.05) is 48.5 Å². The third-order valence-corrected chi connectivity index (χ3v) is 4.16. The number of nitrogens with two attached hydrogens (primary N) is 1. The van der Waals surface area contributed by atoms with Crippen LogP contribution in [0.1, 0.15) is 29.2 Å². The molecule has 0 radical (unpaired) electrons. The van der Waals surface area contributed by atoms with Gasteiger partial charge in [-0.25, -0.2) is 5.43 Å². The van der Waals surface area contributed by atoms with Crippen molar-refractivity contribution in [3.63, 3.8) is 0 Å². The third kappa shape index (κ3) is 3.36. The molecule has 0 saturated carbocycles. The van der Waals surface area contributed by atoms with E-state index >= 15 is 0 Å². The van der Waals surface area contributed by atoms with Crippen LogP contribution in [0.2, 0.25) is 0 Å². The molecule has 0 aliphatic heterocycles. The lowest BCUT2D eigenvalue weighted by atomic mass is 9.85. The molecule has 5 heteroatoms. The zero-order valence-corrected chi connectivity index (χ0v) is 13.4. The number of thiocarbonyl (C=S) groups is 1. The maximum Gasteiger partial charge on any atom is 0.178 e. The summed E-state index contributed by atoms with van der Waals surface area (Å²) in [5.41, 5.74) is 15.5. The van der Waals surface area contributed by atoms with Crippen LogP contribution < -0.4 is 16.6 Å². The SMILES string of the molecule is NC(=S)NNC(C1=C(O)c2ccccc2CC1)c1ccccc1. The zero-order chi connectivity index (χ0) is 16.2. The van der Waals surface area contributed by atoms with E-state index in [0.717, 1.165) is 29.5 Å². The van der Waals surface area contributed by atoms with Gasteiger partial charge in [0.1, 0.15) is 5.76 Å². The van der Waals surface area contributed by atoms with Gasteiger partial charge < -0.3 is 10.8 Å². The quantitative estimate of drug-likeness (QED) is 0.514. The summed E-state index contributed by atoms with van der Waals surface area (Å²) in [4.78, 5) is 0. The number of aliphatic hydroxyl groups is 1. The first-order chi connectivity index (χ1) is 11.2. The van der Waals surface area contributed by atoms with Gasteiger partial charge in [0.2, 0.25) is 0 Å². The van der Waals surface area contributed by atoms with Crippen LogP contribution in [0.25, 0.3) is 5.76 Å². The second kappa shape index (κ2) is 6.81. The minimum Gasteiger partial charge on any atom is -0.507 e. The summed E-state index contributed by atoms with van der Waals surface area (Å²) in [5.74, 6) is 0.331. The van der Waals surface area contributed by atoms with Gasteiger partial charge in [-0.2, -0.15) is 0 Å². The molecule has 4 nitrogen and oxygen atoms in total. The molecule has 0 amide bonds. The number of benzene rings is 2. The van der Waals surface area contributed by atoms with Gasteiger partial charge in [0.25, 0.3) is 0 Å². The Morgan fingerprint density at radius 1 is 1.04 bits per heavy atom. The minimum absolute atomic E-state index is 0.169. The molecule has 1 atom stereocenters. The fraction of sp³-hybridized carbons (Fsp3) is 0.167. The number of rotatable bonds is 4. The van der Waals surface area contributed by atoms with E-state index in [4.69, 9.17) is 18.0 Å². The summed E-state index contributed by atoms with van der Waals surface area (Å²) < 4.78 is 0. The number of hydrogen-bond acceptors (Lipinski definition) is 3. The molecule has 5 N–H and O–H groups in total. The standard InChI is InChI=1S/C18H19N3OS/c19-18(23)21-20-16(13-7-2-1-3-8-13)15-11-10-12-6-4-5-9-14(12)17(15)22/h1-9,16,20,22H,10-11H2,(H3,19,21,23). The van der Waals surface area contributed by atoms with Crippen LogP contribution in [0.15, 0.2) is 60.2 Å². The van der Waals surface area contributed by atoms with Crippen LogP contribution in [0.5, 0.6) is 0 Å². The fourth-order valence-electron chi connectivity index (χ4n) is 2.97. The van der Waals surface area contributed by atoms with Crippen molar-refractivity contribution < 1.29 is 5.11 Å². The molecule has 0 saturated heterocycles. The fourth-order valence-corrected chi connectivity index (χ4v) is 3.03. The van der Waals surface area contributed by atoms with Crippen LogP contribution >= 0.6 is 12.2 Å². The summed E-state index contributed by atoms with van der Waals surface area (Å²) in [6.07, 6.45) is 1.67. The van der Waals surface area contributed by atoms with Gasteiger partial charge in [0.05, 0.1) is 6.04 Å². The third-order valence-electron chi connectivity index (χ3n) is 4.06. The molecule has 3 rings (SSSR count). The molecule has 0 bridgehead atoms. The van der Waals surface area contributed by atoms with Crippen molar-refractivity contribution in [3.05, 3.63) is 76.9 Å². The van der Waals surface area contributed by atoms with Crippen molar-refractivity contribution >= 4 is 23.1 Å². The smallest absolute Gasteiger partial charge is 0.178 e. The molecule has 2 aromatic carbocycles. The summed E-state index contributed by atoms with van der Waals surface area (Å²) in [6.45, 7) is 0. The van der Waals surface area contributed by atoms with E-state index in [9.17, 15) is 5.11 Å². The number of hydrazine groups is 1. The van der Waals surface area contributed by atoms with Gasteiger partial charge in [-0.05, 0) is 41.8 Å². The van der Waals surface area contributed by atoms with Gasteiger partial charge >= 0.3 is 0 Å². The average Bonchev–Trinajstić information content (AvgIpc) is 2.58. The topological polar surface area (TPSA) is 70.3 Å². The van der Waals surface area contributed by atoms with Crippen LogP contribution in [-0.2, 0) is 6.42 Å². The van der Waals surface area contributed by atoms with Crippen molar-refractivity contribution in [2.24, 2.45) is 5.73 Å². The second-order valence-corrected chi connectivity index (χ2v) is 5.95. The highest BCUT2D eigenvalue weighted by Crippen LogP contribution is 2.36. The molecule has 1 aliphatic carbocycles. The molecule has 0 spiro atoms. The van der Waals surface area contributed by atoms with Crippen molar-refractivity contribution in [2.75, 3.05) is 0 Å².